The van der Waals surface area contributed by atoms with Crippen LogP contribution in [0, 0.1) is 5.82 Å². The van der Waals surface area contributed by atoms with Gasteiger partial charge in [0.25, 0.3) is 10.0 Å². The molecule has 2 aromatic carbocycles. The third-order valence-electron chi connectivity index (χ3n) is 3.76. The molecule has 0 bridgehead atoms. The van der Waals surface area contributed by atoms with Crippen LogP contribution >= 0.6 is 11.6 Å². The van der Waals surface area contributed by atoms with E-state index in [2.05, 4.69) is 4.72 Å². The maximum absolute atomic E-state index is 13.3. The van der Waals surface area contributed by atoms with Crippen molar-refractivity contribution in [3.63, 3.8) is 0 Å². The van der Waals surface area contributed by atoms with E-state index < -0.39 is 27.7 Å². The maximum Gasteiger partial charge on any atom is 0.336 e. The molecule has 1 fully saturated rings. The van der Waals surface area contributed by atoms with Gasteiger partial charge in [0.1, 0.15) is 12.4 Å². The molecule has 5 nitrogen and oxygen atoms in total. The summed E-state index contributed by atoms with van der Waals surface area (Å²) in [6, 6.07) is 11.8. The molecule has 0 amide bonds. The molecule has 0 aliphatic carbocycles. The molecule has 0 saturated carbocycles. The molecule has 25 heavy (non-hydrogen) atoms. The van der Waals surface area contributed by atoms with Crippen molar-refractivity contribution in [1.29, 1.82) is 0 Å². The number of carbonyl (C=O) groups is 1. The number of benzene rings is 2. The molecule has 1 aliphatic rings. The van der Waals surface area contributed by atoms with Crippen LogP contribution in [0.15, 0.2) is 65.2 Å². The molecule has 0 aromatic heterocycles. The third-order valence-corrected chi connectivity index (χ3v) is 5.37. The highest BCUT2D eigenvalue weighted by atomic mass is 35.5. The summed E-state index contributed by atoms with van der Waals surface area (Å²) in [6.45, 7) is 0.0275. The molecule has 1 saturated heterocycles. The van der Waals surface area contributed by atoms with E-state index in [0.29, 0.717) is 5.56 Å². The number of esters is 1. The number of rotatable bonds is 4. The average Bonchev–Trinajstić information content (AvgIpc) is 2.97. The Morgan fingerprint density at radius 2 is 1.92 bits per heavy atom. The molecular weight excluding hydrogens is 369 g/mol. The fourth-order valence-corrected chi connectivity index (χ4v) is 3.57. The van der Waals surface area contributed by atoms with E-state index in [9.17, 15) is 17.6 Å². The van der Waals surface area contributed by atoms with E-state index in [1.54, 1.807) is 18.2 Å². The first-order chi connectivity index (χ1) is 11.9. The minimum absolute atomic E-state index is 0.0275. The van der Waals surface area contributed by atoms with Crippen molar-refractivity contribution in [1.82, 2.24) is 4.72 Å². The van der Waals surface area contributed by atoms with Crippen molar-refractivity contribution in [2.24, 2.45) is 0 Å². The summed E-state index contributed by atoms with van der Waals surface area (Å²) in [4.78, 5) is 12.0. The molecule has 0 spiro atoms. The Kier molecular flexibility index (Phi) is 4.78. The Balaban J connectivity index is 1.89. The van der Waals surface area contributed by atoms with E-state index in [4.69, 9.17) is 16.3 Å². The van der Waals surface area contributed by atoms with Crippen LogP contribution in [0.4, 0.5) is 4.39 Å². The Labute approximate surface area is 149 Å². The molecule has 1 N–H and O–H groups in total. The molecule has 8 heteroatoms. The van der Waals surface area contributed by atoms with Crippen LogP contribution in [0.2, 0.25) is 5.02 Å². The lowest BCUT2D eigenvalue weighted by molar-refractivity contribution is -0.135. The SMILES string of the molecule is O=C1OCC(c2ccc(F)c(Cl)c2)/C1=C/NS(=O)(=O)c1ccccc1. The summed E-state index contributed by atoms with van der Waals surface area (Å²) < 4.78 is 45.1. The Hall–Kier alpha value is -2.38. The van der Waals surface area contributed by atoms with Crippen LogP contribution in [0.3, 0.4) is 0 Å². The number of halogens is 2. The summed E-state index contributed by atoms with van der Waals surface area (Å²) in [5, 5.41) is -0.0823. The molecule has 130 valence electrons. The van der Waals surface area contributed by atoms with Gasteiger partial charge in [0.2, 0.25) is 0 Å². The zero-order valence-electron chi connectivity index (χ0n) is 12.8. The zero-order valence-corrected chi connectivity index (χ0v) is 14.4. The highest BCUT2D eigenvalue weighted by Crippen LogP contribution is 2.33. The van der Waals surface area contributed by atoms with Gasteiger partial charge >= 0.3 is 5.97 Å². The van der Waals surface area contributed by atoms with Gasteiger partial charge in [-0.2, -0.15) is 0 Å². The second kappa shape index (κ2) is 6.85. The van der Waals surface area contributed by atoms with Gasteiger partial charge < -0.3 is 4.74 Å². The minimum atomic E-state index is -3.81. The number of hydrogen-bond acceptors (Lipinski definition) is 4. The fraction of sp³-hybridized carbons (Fsp3) is 0.118. The molecule has 1 aliphatic heterocycles. The zero-order chi connectivity index (χ0) is 18.0. The van der Waals surface area contributed by atoms with Crippen LogP contribution in [0.1, 0.15) is 11.5 Å². The predicted octanol–water partition coefficient (Wildman–Crippen LogP) is 2.98. The van der Waals surface area contributed by atoms with Gasteiger partial charge in [0, 0.05) is 6.20 Å². The van der Waals surface area contributed by atoms with Gasteiger partial charge in [-0.05, 0) is 29.8 Å². The van der Waals surface area contributed by atoms with Gasteiger partial charge in [-0.25, -0.2) is 17.6 Å². The molecule has 1 atom stereocenters. The van der Waals surface area contributed by atoms with Crippen molar-refractivity contribution in [2.75, 3.05) is 6.61 Å². The number of hydrogen-bond donors (Lipinski definition) is 1. The lowest BCUT2D eigenvalue weighted by Crippen LogP contribution is -2.20. The van der Waals surface area contributed by atoms with Crippen molar-refractivity contribution in [2.45, 2.75) is 10.8 Å². The number of sulfonamides is 1. The van der Waals surface area contributed by atoms with Crippen LogP contribution < -0.4 is 4.72 Å². The Bertz CT molecular complexity index is 944. The smallest absolute Gasteiger partial charge is 0.336 e. The molecule has 1 unspecified atom stereocenters. The molecular formula is C17H13ClFNO4S. The monoisotopic (exact) mass is 381 g/mol. The standard InChI is InChI=1S/C17H13ClFNO4S/c18-15-8-11(6-7-16(15)19)14-10-24-17(21)13(14)9-20-25(22,23)12-4-2-1-3-5-12/h1-9,14,20H,10H2/b13-9-. The minimum Gasteiger partial charge on any atom is -0.461 e. The van der Waals surface area contributed by atoms with E-state index in [0.717, 1.165) is 6.20 Å². The number of nitrogens with one attached hydrogen (secondary N) is 1. The summed E-state index contributed by atoms with van der Waals surface area (Å²) in [6.07, 6.45) is 1.11. The Morgan fingerprint density at radius 1 is 1.20 bits per heavy atom. The second-order valence-electron chi connectivity index (χ2n) is 5.36. The van der Waals surface area contributed by atoms with Gasteiger partial charge in [-0.15, -0.1) is 0 Å². The summed E-state index contributed by atoms with van der Waals surface area (Å²) >= 11 is 5.77. The van der Waals surface area contributed by atoms with Crippen molar-refractivity contribution < 1.29 is 22.3 Å². The first-order valence-electron chi connectivity index (χ1n) is 7.28. The molecule has 1 heterocycles. The Morgan fingerprint density at radius 3 is 2.60 bits per heavy atom. The highest BCUT2D eigenvalue weighted by Gasteiger charge is 2.32. The highest BCUT2D eigenvalue weighted by molar-refractivity contribution is 7.89. The topological polar surface area (TPSA) is 72.5 Å². The van der Waals surface area contributed by atoms with Gasteiger partial charge in [0.15, 0.2) is 0 Å². The van der Waals surface area contributed by atoms with Gasteiger partial charge in [0.05, 0.1) is 21.4 Å². The van der Waals surface area contributed by atoms with Crippen molar-refractivity contribution in [3.8, 4) is 0 Å². The summed E-state index contributed by atoms with van der Waals surface area (Å²) in [7, 11) is -3.81. The van der Waals surface area contributed by atoms with Crippen LogP contribution in [0.25, 0.3) is 0 Å². The molecule has 2 aromatic rings. The lowest BCUT2D eigenvalue weighted by Gasteiger charge is -2.10. The number of carbonyl (C=O) groups excluding carboxylic acids is 1. The normalized spacial score (nSPS) is 19.0. The van der Waals surface area contributed by atoms with E-state index in [-0.39, 0.29) is 22.1 Å². The lowest BCUT2D eigenvalue weighted by atomic mass is 9.94. The van der Waals surface area contributed by atoms with Crippen molar-refractivity contribution in [3.05, 3.63) is 76.7 Å². The van der Waals surface area contributed by atoms with Crippen molar-refractivity contribution >= 4 is 27.6 Å². The van der Waals surface area contributed by atoms with Gasteiger partial charge in [-0.1, -0.05) is 35.9 Å². The predicted molar refractivity (Wildman–Crippen MR) is 90.0 cm³/mol. The number of ether oxygens (including phenoxy) is 1. The average molecular weight is 382 g/mol. The largest absolute Gasteiger partial charge is 0.461 e. The van der Waals surface area contributed by atoms with E-state index >= 15 is 0 Å². The second-order valence-corrected chi connectivity index (χ2v) is 7.48. The first-order valence-corrected chi connectivity index (χ1v) is 9.14. The maximum atomic E-state index is 13.3. The first kappa shape index (κ1) is 17.4. The summed E-state index contributed by atoms with van der Waals surface area (Å²) in [5.41, 5.74) is 0.685. The van der Waals surface area contributed by atoms with Crippen LogP contribution in [-0.4, -0.2) is 21.0 Å². The van der Waals surface area contributed by atoms with Gasteiger partial charge in [-0.3, -0.25) is 4.72 Å². The van der Waals surface area contributed by atoms with E-state index in [1.807, 2.05) is 0 Å². The summed E-state index contributed by atoms with van der Waals surface area (Å²) in [5.74, 6) is -1.75. The number of cyclic esters (lactones) is 1. The fourth-order valence-electron chi connectivity index (χ4n) is 2.45. The quantitative estimate of drug-likeness (QED) is 0.652. The van der Waals surface area contributed by atoms with Crippen LogP contribution in [-0.2, 0) is 19.6 Å². The van der Waals surface area contributed by atoms with Crippen LogP contribution in [0.5, 0.6) is 0 Å². The third kappa shape index (κ3) is 3.67. The molecule has 0 radical (unpaired) electrons. The van der Waals surface area contributed by atoms with E-state index in [1.165, 1.54) is 30.3 Å². The molecule has 3 rings (SSSR count).